The van der Waals surface area contributed by atoms with E-state index in [9.17, 15) is 9.18 Å². The molecule has 0 radical (unpaired) electrons. The first kappa shape index (κ1) is 18.6. The number of carbonyl (C=O) groups excluding carboxylic acids is 1. The zero-order chi connectivity index (χ0) is 20.8. The molecule has 5 rings (SSSR count). The van der Waals surface area contributed by atoms with Crippen LogP contribution in [-0.4, -0.2) is 39.7 Å². The highest BCUT2D eigenvalue weighted by Gasteiger charge is 2.37. The fourth-order valence-corrected chi connectivity index (χ4v) is 4.35. The van der Waals surface area contributed by atoms with Gasteiger partial charge in [0.05, 0.1) is 18.8 Å². The molecule has 1 aromatic carbocycles. The third-order valence-corrected chi connectivity index (χ3v) is 5.81. The van der Waals surface area contributed by atoms with Crippen molar-refractivity contribution in [2.45, 2.75) is 25.5 Å². The van der Waals surface area contributed by atoms with E-state index in [2.05, 4.69) is 21.9 Å². The lowest BCUT2D eigenvalue weighted by molar-refractivity contribution is 0.0933. The van der Waals surface area contributed by atoms with Gasteiger partial charge in [0.15, 0.2) is 5.65 Å². The lowest BCUT2D eigenvalue weighted by Crippen LogP contribution is -2.34. The molecule has 0 unspecified atom stereocenters. The number of nitrogens with zero attached hydrogens (tertiary/aromatic N) is 4. The number of amides is 1. The Bertz CT molecular complexity index is 1140. The molecule has 2 aliphatic rings. The quantitative estimate of drug-likeness (QED) is 0.628. The predicted octanol–water partition coefficient (Wildman–Crippen LogP) is 3.13. The van der Waals surface area contributed by atoms with Gasteiger partial charge in [-0.2, -0.15) is 5.10 Å². The van der Waals surface area contributed by atoms with Crippen LogP contribution in [0.5, 0.6) is 5.75 Å². The molecular weight excluding hydrogens is 385 g/mol. The molecule has 3 aromatic rings. The lowest BCUT2D eigenvalue weighted by Gasteiger charge is -2.30. The number of halogens is 1. The average Bonchev–Trinajstić information content (AvgIpc) is 3.36. The number of hydrogen-bond donors (Lipinski definition) is 1. The molecule has 8 heteroatoms. The van der Waals surface area contributed by atoms with E-state index in [0.717, 1.165) is 18.5 Å². The molecule has 0 saturated carbocycles. The van der Waals surface area contributed by atoms with Crippen LogP contribution in [0.4, 0.5) is 10.2 Å². The Morgan fingerprint density at radius 3 is 3.07 bits per heavy atom. The number of hydrogen-bond acceptors (Lipinski definition) is 5. The molecule has 0 aliphatic carbocycles. The van der Waals surface area contributed by atoms with Crippen LogP contribution >= 0.6 is 0 Å². The smallest absolute Gasteiger partial charge is 0.256 e. The second kappa shape index (κ2) is 7.12. The zero-order valence-corrected chi connectivity index (χ0v) is 16.6. The van der Waals surface area contributed by atoms with Crippen molar-refractivity contribution in [3.05, 3.63) is 66.3 Å². The van der Waals surface area contributed by atoms with Gasteiger partial charge in [0.2, 0.25) is 0 Å². The Kier molecular flexibility index (Phi) is 4.42. The van der Waals surface area contributed by atoms with Crippen LogP contribution in [0.1, 0.15) is 35.3 Å². The highest BCUT2D eigenvalue weighted by atomic mass is 19.1. The van der Waals surface area contributed by atoms with Crippen LogP contribution in [0.25, 0.3) is 5.65 Å². The van der Waals surface area contributed by atoms with Crippen molar-refractivity contribution in [3.63, 3.8) is 0 Å². The minimum Gasteiger partial charge on any atom is -0.489 e. The van der Waals surface area contributed by atoms with Gasteiger partial charge in [0, 0.05) is 24.2 Å². The van der Waals surface area contributed by atoms with Gasteiger partial charge in [0.25, 0.3) is 5.91 Å². The third-order valence-electron chi connectivity index (χ3n) is 5.81. The van der Waals surface area contributed by atoms with Crippen LogP contribution in [0.2, 0.25) is 0 Å². The van der Waals surface area contributed by atoms with Crippen LogP contribution < -0.4 is 15.0 Å². The van der Waals surface area contributed by atoms with Gasteiger partial charge in [-0.25, -0.2) is 13.9 Å². The number of carbonyl (C=O) groups is 1. The predicted molar refractivity (Wildman–Crippen MR) is 110 cm³/mol. The summed E-state index contributed by atoms with van der Waals surface area (Å²) in [6, 6.07) is 6.27. The number of anilines is 1. The van der Waals surface area contributed by atoms with Gasteiger partial charge in [-0.05, 0) is 37.6 Å². The first-order valence-corrected chi connectivity index (χ1v) is 10.0. The fraction of sp³-hybridized carbons (Fsp3) is 0.318. The van der Waals surface area contributed by atoms with E-state index in [1.807, 2.05) is 19.1 Å². The first-order chi connectivity index (χ1) is 14.5. The maximum atomic E-state index is 14.3. The molecule has 1 saturated heterocycles. The summed E-state index contributed by atoms with van der Waals surface area (Å²) in [6.07, 6.45) is 5.77. The normalized spacial score (nSPS) is 23.6. The number of rotatable bonds is 1. The van der Waals surface area contributed by atoms with Crippen molar-refractivity contribution in [2.75, 3.05) is 18.0 Å². The highest BCUT2D eigenvalue weighted by molar-refractivity contribution is 5.99. The van der Waals surface area contributed by atoms with E-state index in [1.165, 1.54) is 18.3 Å². The van der Waals surface area contributed by atoms with E-state index in [0.29, 0.717) is 29.3 Å². The Labute approximate surface area is 173 Å². The number of benzene rings is 1. The van der Waals surface area contributed by atoms with Crippen LogP contribution in [-0.2, 0) is 0 Å². The van der Waals surface area contributed by atoms with E-state index in [-0.39, 0.29) is 29.8 Å². The Morgan fingerprint density at radius 2 is 2.23 bits per heavy atom. The van der Waals surface area contributed by atoms with Crippen molar-refractivity contribution >= 4 is 17.4 Å². The maximum absolute atomic E-state index is 14.3. The zero-order valence-electron chi connectivity index (χ0n) is 16.6. The molecule has 30 heavy (non-hydrogen) atoms. The minimum absolute atomic E-state index is 0.108. The van der Waals surface area contributed by atoms with Crippen molar-refractivity contribution < 1.29 is 13.9 Å². The standard InChI is InChI=1S/C22H22FN5O2/c1-3-14-6-8-27-19-7-9-28-21(26-19)17(12-25-28)22(29)24-11-13(2)30-18-5-4-15(23)10-16(18)20(14)27/h3-5,7,9-10,12-14,20H,1,6,8,11H2,2H3,(H,24,29)/t13-,14-,20-/m0/s1. The number of fused-ring (bicyclic) bond motifs is 5. The lowest BCUT2D eigenvalue weighted by atomic mass is 9.93. The van der Waals surface area contributed by atoms with E-state index >= 15 is 0 Å². The Balaban J connectivity index is 1.72. The SMILES string of the molecule is C=C[C@H]1CCN2c3ccn4ncc(c4n3)C(=O)NC[C@H](C)Oc3ccc(F)cc3[C@H]12. The molecule has 2 bridgehead atoms. The molecule has 3 atom stereocenters. The molecule has 154 valence electrons. The van der Waals surface area contributed by atoms with Gasteiger partial charge < -0.3 is 15.0 Å². The van der Waals surface area contributed by atoms with E-state index in [4.69, 9.17) is 9.72 Å². The van der Waals surface area contributed by atoms with Gasteiger partial charge >= 0.3 is 0 Å². The number of ether oxygens (including phenoxy) is 1. The van der Waals surface area contributed by atoms with E-state index < -0.39 is 0 Å². The summed E-state index contributed by atoms with van der Waals surface area (Å²) in [5.41, 5.74) is 1.64. The summed E-state index contributed by atoms with van der Waals surface area (Å²) in [7, 11) is 0. The molecule has 1 amide bonds. The molecule has 2 aliphatic heterocycles. The molecule has 2 aromatic heterocycles. The Hall–Kier alpha value is -3.42. The van der Waals surface area contributed by atoms with Crippen molar-refractivity contribution in [3.8, 4) is 5.75 Å². The Morgan fingerprint density at radius 1 is 1.37 bits per heavy atom. The molecule has 0 spiro atoms. The van der Waals surface area contributed by atoms with Gasteiger partial charge in [-0.15, -0.1) is 6.58 Å². The summed E-state index contributed by atoms with van der Waals surface area (Å²) in [5.74, 6) is 0.834. The largest absolute Gasteiger partial charge is 0.489 e. The molecule has 1 fully saturated rings. The average molecular weight is 407 g/mol. The van der Waals surface area contributed by atoms with Crippen molar-refractivity contribution in [2.24, 2.45) is 5.92 Å². The van der Waals surface area contributed by atoms with Crippen LogP contribution in [0.15, 0.2) is 49.3 Å². The summed E-state index contributed by atoms with van der Waals surface area (Å²) in [4.78, 5) is 19.6. The first-order valence-electron chi connectivity index (χ1n) is 10.0. The van der Waals surface area contributed by atoms with Gasteiger partial charge in [-0.3, -0.25) is 4.79 Å². The second-order valence-electron chi connectivity index (χ2n) is 7.76. The summed E-state index contributed by atoms with van der Waals surface area (Å²) in [6.45, 7) is 6.90. The third kappa shape index (κ3) is 2.99. The number of aromatic nitrogens is 3. The summed E-state index contributed by atoms with van der Waals surface area (Å²) in [5, 5.41) is 7.12. The molecular formula is C22H22FN5O2. The minimum atomic E-state index is -0.321. The number of nitrogens with one attached hydrogen (secondary N) is 1. The van der Waals surface area contributed by atoms with Crippen molar-refractivity contribution in [1.29, 1.82) is 0 Å². The topological polar surface area (TPSA) is 71.8 Å². The van der Waals surface area contributed by atoms with Crippen LogP contribution in [0, 0.1) is 11.7 Å². The monoisotopic (exact) mass is 407 g/mol. The molecule has 4 heterocycles. The van der Waals surface area contributed by atoms with E-state index in [1.54, 1.807) is 16.8 Å². The summed E-state index contributed by atoms with van der Waals surface area (Å²) >= 11 is 0. The maximum Gasteiger partial charge on any atom is 0.256 e. The highest BCUT2D eigenvalue weighted by Crippen LogP contribution is 2.44. The van der Waals surface area contributed by atoms with Gasteiger partial charge in [-0.1, -0.05) is 6.08 Å². The fourth-order valence-electron chi connectivity index (χ4n) is 4.35. The molecule has 1 N–H and O–H groups in total. The summed E-state index contributed by atoms with van der Waals surface area (Å²) < 4.78 is 22.0. The molecule has 7 nitrogen and oxygen atoms in total. The van der Waals surface area contributed by atoms with Crippen LogP contribution in [0.3, 0.4) is 0 Å². The second-order valence-corrected chi connectivity index (χ2v) is 7.76. The van der Waals surface area contributed by atoms with Gasteiger partial charge in [0.1, 0.15) is 29.1 Å². The van der Waals surface area contributed by atoms with Crippen molar-refractivity contribution in [1.82, 2.24) is 19.9 Å².